The number of pyridine rings is 1. The molecule has 0 bridgehead atoms. The van der Waals surface area contributed by atoms with Gasteiger partial charge in [0.1, 0.15) is 12.6 Å². The van der Waals surface area contributed by atoms with E-state index in [2.05, 4.69) is 23.5 Å². The van der Waals surface area contributed by atoms with Crippen LogP contribution in [0.5, 0.6) is 0 Å². The van der Waals surface area contributed by atoms with Gasteiger partial charge in [0.05, 0.1) is 6.21 Å². The average Bonchev–Trinajstić information content (AvgIpc) is 2.56. The molecule has 118 valence electrons. The van der Waals surface area contributed by atoms with Crippen molar-refractivity contribution in [2.45, 2.75) is 19.8 Å². The summed E-state index contributed by atoms with van der Waals surface area (Å²) in [7, 11) is 1.88. The van der Waals surface area contributed by atoms with Crippen molar-refractivity contribution in [1.82, 2.24) is 5.43 Å². The largest absolute Gasteiger partial charge is 0.277 e. The van der Waals surface area contributed by atoms with E-state index < -0.39 is 0 Å². The zero-order valence-electron chi connectivity index (χ0n) is 13.6. The molecule has 0 radical (unpaired) electrons. The highest BCUT2D eigenvalue weighted by Gasteiger charge is 2.07. The third-order valence-corrected chi connectivity index (χ3v) is 3.29. The van der Waals surface area contributed by atoms with Crippen LogP contribution in [0.1, 0.15) is 35.7 Å². The summed E-state index contributed by atoms with van der Waals surface area (Å²) in [5.41, 5.74) is 5.37. The predicted molar refractivity (Wildman–Crippen MR) is 92.9 cm³/mol. The van der Waals surface area contributed by atoms with Crippen molar-refractivity contribution in [3.05, 3.63) is 71.6 Å². The van der Waals surface area contributed by atoms with Crippen LogP contribution in [0.2, 0.25) is 0 Å². The molecule has 4 heteroatoms. The molecule has 1 N–H and O–H groups in total. The molecule has 0 spiro atoms. The van der Waals surface area contributed by atoms with Crippen LogP contribution in [0, 0.1) is 0 Å². The molecular weight excluding hydrogens is 286 g/mol. The Morgan fingerprint density at radius 2 is 2.00 bits per heavy atom. The van der Waals surface area contributed by atoms with E-state index >= 15 is 0 Å². The highest BCUT2D eigenvalue weighted by Crippen LogP contribution is 2.09. The summed E-state index contributed by atoms with van der Waals surface area (Å²) >= 11 is 0. The van der Waals surface area contributed by atoms with Gasteiger partial charge in [-0.25, -0.2) is 9.99 Å². The standard InChI is InChI=1S/C19H21N3O/c1-3-8-17(13-16-9-5-4-6-10-16)14-20-21-19(23)18-11-7-12-22(2)15-18/h4-7,9-15H,3,8H2,1-2H3/p+1/b17-13-,20-14+. The van der Waals surface area contributed by atoms with Gasteiger partial charge < -0.3 is 0 Å². The zero-order chi connectivity index (χ0) is 16.5. The van der Waals surface area contributed by atoms with Gasteiger partial charge in [0.25, 0.3) is 5.91 Å². The van der Waals surface area contributed by atoms with Crippen molar-refractivity contribution in [2.75, 3.05) is 0 Å². The number of aromatic nitrogens is 1. The highest BCUT2D eigenvalue weighted by molar-refractivity contribution is 5.94. The number of allylic oxidation sites excluding steroid dienone is 1. The monoisotopic (exact) mass is 308 g/mol. The van der Waals surface area contributed by atoms with Gasteiger partial charge in [0.2, 0.25) is 0 Å². The van der Waals surface area contributed by atoms with Crippen molar-refractivity contribution in [3.8, 4) is 0 Å². The number of carbonyl (C=O) groups excluding carboxylic acids is 1. The highest BCUT2D eigenvalue weighted by atomic mass is 16.2. The third-order valence-electron chi connectivity index (χ3n) is 3.29. The minimum absolute atomic E-state index is 0.215. The van der Waals surface area contributed by atoms with Crippen LogP contribution in [0.4, 0.5) is 0 Å². The number of carbonyl (C=O) groups is 1. The Hall–Kier alpha value is -2.75. The van der Waals surface area contributed by atoms with E-state index in [1.165, 1.54) is 0 Å². The molecule has 0 aliphatic heterocycles. The van der Waals surface area contributed by atoms with Crippen LogP contribution in [-0.4, -0.2) is 12.1 Å². The van der Waals surface area contributed by atoms with Crippen molar-refractivity contribution >= 4 is 18.2 Å². The molecule has 2 aromatic rings. The molecule has 1 heterocycles. The number of benzene rings is 1. The minimum Gasteiger partial charge on any atom is -0.267 e. The number of aryl methyl sites for hydroxylation is 1. The first-order valence-corrected chi connectivity index (χ1v) is 7.73. The van der Waals surface area contributed by atoms with E-state index in [1.54, 1.807) is 18.5 Å². The predicted octanol–water partition coefficient (Wildman–Crippen LogP) is 3.11. The van der Waals surface area contributed by atoms with Crippen LogP contribution >= 0.6 is 0 Å². The molecule has 4 nitrogen and oxygen atoms in total. The number of hydrogen-bond acceptors (Lipinski definition) is 2. The van der Waals surface area contributed by atoms with Crippen LogP contribution in [0.3, 0.4) is 0 Å². The fraction of sp³-hybridized carbons (Fsp3) is 0.211. The van der Waals surface area contributed by atoms with E-state index in [9.17, 15) is 4.79 Å². The molecule has 0 aliphatic rings. The van der Waals surface area contributed by atoms with E-state index in [4.69, 9.17) is 0 Å². The van der Waals surface area contributed by atoms with Gasteiger partial charge in [-0.05, 0) is 23.6 Å². The van der Waals surface area contributed by atoms with Gasteiger partial charge in [0, 0.05) is 6.07 Å². The number of rotatable bonds is 6. The first-order valence-electron chi connectivity index (χ1n) is 7.73. The summed E-state index contributed by atoms with van der Waals surface area (Å²) in [6.45, 7) is 2.12. The van der Waals surface area contributed by atoms with Gasteiger partial charge >= 0.3 is 0 Å². The summed E-state index contributed by atoms with van der Waals surface area (Å²) in [6.07, 6.45) is 9.38. The maximum absolute atomic E-state index is 12.0. The Balaban J connectivity index is 2.04. The maximum Gasteiger partial charge on any atom is 0.277 e. The Labute approximate surface area is 137 Å². The summed E-state index contributed by atoms with van der Waals surface area (Å²) < 4.78 is 1.83. The maximum atomic E-state index is 12.0. The molecule has 1 amide bonds. The topological polar surface area (TPSA) is 45.3 Å². The molecule has 1 aromatic heterocycles. The van der Waals surface area contributed by atoms with Crippen molar-refractivity contribution < 1.29 is 9.36 Å². The van der Waals surface area contributed by atoms with Crippen molar-refractivity contribution in [1.29, 1.82) is 0 Å². The Kier molecular flexibility index (Phi) is 6.24. The van der Waals surface area contributed by atoms with E-state index in [-0.39, 0.29) is 5.91 Å². The molecule has 1 aromatic carbocycles. The number of hydrazone groups is 1. The lowest BCUT2D eigenvalue weighted by Gasteiger charge is -2.01. The second kappa shape index (κ2) is 8.63. The third kappa shape index (κ3) is 5.51. The molecule has 0 unspecified atom stereocenters. The first-order chi connectivity index (χ1) is 11.2. The lowest BCUT2D eigenvalue weighted by molar-refractivity contribution is -0.671. The quantitative estimate of drug-likeness (QED) is 0.497. The van der Waals surface area contributed by atoms with Gasteiger partial charge in [0.15, 0.2) is 12.4 Å². The summed E-state index contributed by atoms with van der Waals surface area (Å²) in [5, 5.41) is 4.09. The Morgan fingerprint density at radius 3 is 2.70 bits per heavy atom. The normalized spacial score (nSPS) is 11.7. The SMILES string of the molecule is CCCC(=C/c1ccccc1)/C=N/NC(=O)c1ccc[n+](C)c1. The van der Waals surface area contributed by atoms with Crippen LogP contribution in [0.25, 0.3) is 6.08 Å². The van der Waals surface area contributed by atoms with Crippen LogP contribution in [-0.2, 0) is 7.05 Å². The second-order valence-electron chi connectivity index (χ2n) is 5.34. The second-order valence-corrected chi connectivity index (χ2v) is 5.34. The molecule has 0 aliphatic carbocycles. The van der Waals surface area contributed by atoms with Crippen molar-refractivity contribution in [3.63, 3.8) is 0 Å². The number of hydrogen-bond donors (Lipinski definition) is 1. The Bertz CT molecular complexity index is 706. The smallest absolute Gasteiger partial charge is 0.267 e. The fourth-order valence-electron chi connectivity index (χ4n) is 2.19. The van der Waals surface area contributed by atoms with Gasteiger partial charge in [-0.3, -0.25) is 4.79 Å². The molecule has 0 saturated heterocycles. The molecule has 0 fully saturated rings. The number of nitrogens with one attached hydrogen (secondary N) is 1. The molecule has 0 saturated carbocycles. The first kappa shape index (κ1) is 16.6. The molecule has 2 rings (SSSR count). The fourth-order valence-corrected chi connectivity index (χ4v) is 2.19. The van der Waals surface area contributed by atoms with Crippen molar-refractivity contribution in [2.24, 2.45) is 12.1 Å². The van der Waals surface area contributed by atoms with Gasteiger partial charge in [-0.2, -0.15) is 5.10 Å². The van der Waals surface area contributed by atoms with Crippen LogP contribution in [0.15, 0.2) is 65.5 Å². The summed E-state index contributed by atoms with van der Waals surface area (Å²) in [5.74, 6) is -0.215. The minimum atomic E-state index is -0.215. The lowest BCUT2D eigenvalue weighted by Crippen LogP contribution is -2.29. The summed E-state index contributed by atoms with van der Waals surface area (Å²) in [4.78, 5) is 12.0. The zero-order valence-corrected chi connectivity index (χ0v) is 13.6. The van der Waals surface area contributed by atoms with E-state index in [1.807, 2.05) is 54.2 Å². The number of nitrogens with zero attached hydrogens (tertiary/aromatic N) is 2. The lowest BCUT2D eigenvalue weighted by atomic mass is 10.1. The summed E-state index contributed by atoms with van der Waals surface area (Å²) in [6, 6.07) is 13.7. The average molecular weight is 308 g/mol. The van der Waals surface area contributed by atoms with E-state index in [0.29, 0.717) is 5.56 Å². The molecular formula is C19H22N3O+. The number of amides is 1. The van der Waals surface area contributed by atoms with Crippen LogP contribution < -0.4 is 9.99 Å². The van der Waals surface area contributed by atoms with Gasteiger partial charge in [-0.15, -0.1) is 0 Å². The molecule has 0 atom stereocenters. The van der Waals surface area contributed by atoms with E-state index in [0.717, 1.165) is 24.0 Å². The molecule has 23 heavy (non-hydrogen) atoms. The Morgan fingerprint density at radius 1 is 1.22 bits per heavy atom. The van der Waals surface area contributed by atoms with Gasteiger partial charge in [-0.1, -0.05) is 49.8 Å².